The quantitative estimate of drug-likeness (QED) is 0.635. The van der Waals surface area contributed by atoms with Gasteiger partial charge in [0.05, 0.1) is 6.54 Å². The highest BCUT2D eigenvalue weighted by molar-refractivity contribution is 5.86. The Hall–Kier alpha value is -1.10. The van der Waals surface area contributed by atoms with Crippen molar-refractivity contribution in [2.45, 2.75) is 38.6 Å². The second kappa shape index (κ2) is 5.04. The molecule has 0 aromatic rings. The molecule has 1 heterocycles. The molecule has 5 nitrogen and oxygen atoms in total. The van der Waals surface area contributed by atoms with Crippen LogP contribution in [0.25, 0.3) is 0 Å². The van der Waals surface area contributed by atoms with Crippen molar-refractivity contribution in [1.29, 1.82) is 0 Å². The molecule has 1 aliphatic carbocycles. The molecule has 0 spiro atoms. The number of carbonyl (C=O) groups is 2. The summed E-state index contributed by atoms with van der Waals surface area (Å²) in [5, 5.41) is 8.63. The number of nitrogens with one attached hydrogen (secondary N) is 3. The second-order valence-corrected chi connectivity index (χ2v) is 5.16. The van der Waals surface area contributed by atoms with E-state index in [1.165, 1.54) is 19.3 Å². The minimum atomic E-state index is -0.276. The van der Waals surface area contributed by atoms with E-state index in [1.807, 2.05) is 0 Å². The van der Waals surface area contributed by atoms with Gasteiger partial charge in [-0.3, -0.25) is 14.9 Å². The first kappa shape index (κ1) is 12.4. The zero-order valence-corrected chi connectivity index (χ0v) is 10.3. The Labute approximate surface area is 102 Å². The monoisotopic (exact) mass is 239 g/mol. The summed E-state index contributed by atoms with van der Waals surface area (Å²) < 4.78 is 0. The average molecular weight is 239 g/mol. The lowest BCUT2D eigenvalue weighted by Crippen LogP contribution is -2.59. The van der Waals surface area contributed by atoms with E-state index >= 15 is 0 Å². The standard InChI is InChI=1S/C12H21N3O2/c1-2-12(4-3-5-12)8-15-11(17)9-6-14-10(16)7-13-9/h9,13H,2-8H2,1H3,(H,14,16)(H,15,17). The number of piperazine rings is 1. The molecule has 96 valence electrons. The first-order chi connectivity index (χ1) is 8.15. The molecule has 0 radical (unpaired) electrons. The molecule has 1 unspecified atom stereocenters. The Bertz CT molecular complexity index is 297. The fourth-order valence-electron chi connectivity index (χ4n) is 2.48. The topological polar surface area (TPSA) is 70.2 Å². The van der Waals surface area contributed by atoms with Crippen LogP contribution in [-0.4, -0.2) is 37.5 Å². The Morgan fingerprint density at radius 3 is 2.76 bits per heavy atom. The molecule has 0 aromatic carbocycles. The van der Waals surface area contributed by atoms with E-state index in [1.54, 1.807) is 0 Å². The molecule has 1 aliphatic heterocycles. The number of carbonyl (C=O) groups excluding carboxylic acids is 2. The largest absolute Gasteiger partial charge is 0.354 e. The maximum absolute atomic E-state index is 11.9. The lowest BCUT2D eigenvalue weighted by molar-refractivity contribution is -0.127. The van der Waals surface area contributed by atoms with Gasteiger partial charge in [-0.15, -0.1) is 0 Å². The molecule has 1 atom stereocenters. The van der Waals surface area contributed by atoms with Crippen LogP contribution in [0.15, 0.2) is 0 Å². The van der Waals surface area contributed by atoms with Crippen LogP contribution in [0.4, 0.5) is 0 Å². The minimum Gasteiger partial charge on any atom is -0.354 e. The molecule has 2 fully saturated rings. The smallest absolute Gasteiger partial charge is 0.238 e. The van der Waals surface area contributed by atoms with Gasteiger partial charge in [0.2, 0.25) is 11.8 Å². The van der Waals surface area contributed by atoms with Crippen LogP contribution in [-0.2, 0) is 9.59 Å². The number of hydrogen-bond acceptors (Lipinski definition) is 3. The molecule has 2 rings (SSSR count). The van der Waals surface area contributed by atoms with Crippen molar-refractivity contribution in [3.05, 3.63) is 0 Å². The lowest BCUT2D eigenvalue weighted by atomic mass is 9.67. The third kappa shape index (κ3) is 2.77. The molecule has 5 heteroatoms. The van der Waals surface area contributed by atoms with Crippen LogP contribution in [0.5, 0.6) is 0 Å². The third-order valence-corrected chi connectivity index (χ3v) is 4.13. The van der Waals surface area contributed by atoms with Gasteiger partial charge in [0, 0.05) is 13.1 Å². The molecule has 1 saturated heterocycles. The predicted octanol–water partition coefficient (Wildman–Crippen LogP) is -0.229. The first-order valence-electron chi connectivity index (χ1n) is 6.43. The van der Waals surface area contributed by atoms with Crippen molar-refractivity contribution in [3.63, 3.8) is 0 Å². The summed E-state index contributed by atoms with van der Waals surface area (Å²) in [5.41, 5.74) is 0.341. The summed E-state index contributed by atoms with van der Waals surface area (Å²) >= 11 is 0. The van der Waals surface area contributed by atoms with E-state index in [0.717, 1.165) is 13.0 Å². The molecular weight excluding hydrogens is 218 g/mol. The van der Waals surface area contributed by atoms with Gasteiger partial charge in [-0.05, 0) is 24.7 Å². The fourth-order valence-corrected chi connectivity index (χ4v) is 2.48. The molecular formula is C12H21N3O2. The highest BCUT2D eigenvalue weighted by Gasteiger charge is 2.36. The maximum atomic E-state index is 11.9. The van der Waals surface area contributed by atoms with Gasteiger partial charge in [-0.1, -0.05) is 13.3 Å². The summed E-state index contributed by atoms with van der Waals surface area (Å²) in [5.74, 6) is -0.0391. The average Bonchev–Trinajstić information content (AvgIpc) is 2.29. The predicted molar refractivity (Wildman–Crippen MR) is 64.4 cm³/mol. The Kier molecular flexibility index (Phi) is 3.66. The van der Waals surface area contributed by atoms with Gasteiger partial charge in [-0.25, -0.2) is 0 Å². The van der Waals surface area contributed by atoms with Crippen LogP contribution in [0.2, 0.25) is 0 Å². The highest BCUT2D eigenvalue weighted by Crippen LogP contribution is 2.42. The molecule has 2 aliphatic rings. The van der Waals surface area contributed by atoms with Crippen LogP contribution >= 0.6 is 0 Å². The molecule has 0 bridgehead atoms. The van der Waals surface area contributed by atoms with Crippen LogP contribution in [0.3, 0.4) is 0 Å². The van der Waals surface area contributed by atoms with Gasteiger partial charge in [-0.2, -0.15) is 0 Å². The highest BCUT2D eigenvalue weighted by atomic mass is 16.2. The zero-order valence-electron chi connectivity index (χ0n) is 10.3. The summed E-state index contributed by atoms with van der Waals surface area (Å²) in [6.45, 7) is 3.58. The summed E-state index contributed by atoms with van der Waals surface area (Å²) in [4.78, 5) is 22.8. The molecule has 2 amide bonds. The SMILES string of the molecule is CCC1(CNC(=O)C2CNC(=O)CN2)CCC1. The number of hydrogen-bond donors (Lipinski definition) is 3. The lowest BCUT2D eigenvalue weighted by Gasteiger charge is -2.41. The van der Waals surface area contributed by atoms with Crippen molar-refractivity contribution in [3.8, 4) is 0 Å². The van der Waals surface area contributed by atoms with E-state index in [0.29, 0.717) is 12.0 Å². The fraction of sp³-hybridized carbons (Fsp3) is 0.833. The summed E-state index contributed by atoms with van der Waals surface area (Å²) in [6.07, 6.45) is 4.85. The zero-order chi connectivity index (χ0) is 12.3. The van der Waals surface area contributed by atoms with Crippen LogP contribution in [0.1, 0.15) is 32.6 Å². The number of amides is 2. The normalized spacial score (nSPS) is 26.9. The Balaban J connectivity index is 1.75. The van der Waals surface area contributed by atoms with E-state index in [4.69, 9.17) is 0 Å². The van der Waals surface area contributed by atoms with Crippen LogP contribution in [0, 0.1) is 5.41 Å². The van der Waals surface area contributed by atoms with Crippen molar-refractivity contribution in [1.82, 2.24) is 16.0 Å². The van der Waals surface area contributed by atoms with E-state index in [-0.39, 0.29) is 24.4 Å². The van der Waals surface area contributed by atoms with Gasteiger partial charge >= 0.3 is 0 Å². The van der Waals surface area contributed by atoms with Crippen molar-refractivity contribution >= 4 is 11.8 Å². The van der Waals surface area contributed by atoms with Crippen molar-refractivity contribution in [2.75, 3.05) is 19.6 Å². The van der Waals surface area contributed by atoms with E-state index in [9.17, 15) is 9.59 Å². The van der Waals surface area contributed by atoms with Crippen LogP contribution < -0.4 is 16.0 Å². The molecule has 17 heavy (non-hydrogen) atoms. The van der Waals surface area contributed by atoms with Gasteiger partial charge < -0.3 is 10.6 Å². The summed E-state index contributed by atoms with van der Waals surface area (Å²) in [6, 6.07) is -0.276. The number of rotatable bonds is 4. The molecule has 3 N–H and O–H groups in total. The first-order valence-corrected chi connectivity index (χ1v) is 6.43. The van der Waals surface area contributed by atoms with Crippen molar-refractivity contribution in [2.24, 2.45) is 5.41 Å². The van der Waals surface area contributed by atoms with Gasteiger partial charge in [0.15, 0.2) is 0 Å². The van der Waals surface area contributed by atoms with Crippen molar-refractivity contribution < 1.29 is 9.59 Å². The van der Waals surface area contributed by atoms with E-state index in [2.05, 4.69) is 22.9 Å². The second-order valence-electron chi connectivity index (χ2n) is 5.16. The van der Waals surface area contributed by atoms with Gasteiger partial charge in [0.25, 0.3) is 0 Å². The molecule has 1 saturated carbocycles. The van der Waals surface area contributed by atoms with Gasteiger partial charge in [0.1, 0.15) is 6.04 Å². The molecule has 0 aromatic heterocycles. The third-order valence-electron chi connectivity index (χ3n) is 4.13. The minimum absolute atomic E-state index is 0.00438. The maximum Gasteiger partial charge on any atom is 0.238 e. The Morgan fingerprint density at radius 2 is 2.29 bits per heavy atom. The Morgan fingerprint density at radius 1 is 1.53 bits per heavy atom. The summed E-state index contributed by atoms with van der Waals surface area (Å²) in [7, 11) is 0. The van der Waals surface area contributed by atoms with E-state index < -0.39 is 0 Å².